The summed E-state index contributed by atoms with van der Waals surface area (Å²) < 4.78 is 0. The van der Waals surface area contributed by atoms with E-state index in [0.717, 1.165) is 29.5 Å². The van der Waals surface area contributed by atoms with Crippen LogP contribution in [0.5, 0.6) is 0 Å². The second-order valence-electron chi connectivity index (χ2n) is 6.94. The van der Waals surface area contributed by atoms with Gasteiger partial charge in [-0.2, -0.15) is 0 Å². The van der Waals surface area contributed by atoms with Crippen LogP contribution >= 0.6 is 0 Å². The largest absolute Gasteiger partial charge is 0.481 e. The SMILES string of the molecule is CCCCNC(=O)[C@H](CCC(=O)O)NC(=O)Cc1ccc(-c2ccccc2)cc1. The standard InChI is InChI=1S/C23H28N2O4/c1-2-3-15-24-23(29)20(13-14-22(27)28)25-21(26)16-17-9-11-19(12-10-17)18-7-5-4-6-8-18/h4-12,20H,2-3,13-16H2,1H3,(H,24,29)(H,25,26)(H,27,28)/t20-/m0/s1. The summed E-state index contributed by atoms with van der Waals surface area (Å²) in [5, 5.41) is 14.3. The van der Waals surface area contributed by atoms with Crippen LogP contribution in [0.1, 0.15) is 38.2 Å². The van der Waals surface area contributed by atoms with Crippen LogP contribution in [-0.4, -0.2) is 35.5 Å². The minimum Gasteiger partial charge on any atom is -0.481 e. The molecule has 2 aromatic carbocycles. The van der Waals surface area contributed by atoms with E-state index in [4.69, 9.17) is 5.11 Å². The van der Waals surface area contributed by atoms with Gasteiger partial charge in [0.2, 0.25) is 11.8 Å². The average Bonchev–Trinajstić information content (AvgIpc) is 2.72. The van der Waals surface area contributed by atoms with Gasteiger partial charge in [-0.15, -0.1) is 0 Å². The highest BCUT2D eigenvalue weighted by atomic mass is 16.4. The molecule has 0 aliphatic carbocycles. The maximum Gasteiger partial charge on any atom is 0.303 e. The first-order chi connectivity index (χ1) is 14.0. The minimum absolute atomic E-state index is 0.0615. The quantitative estimate of drug-likeness (QED) is 0.509. The molecule has 3 N–H and O–H groups in total. The predicted octanol–water partition coefficient (Wildman–Crippen LogP) is 3.16. The lowest BCUT2D eigenvalue weighted by Gasteiger charge is -2.18. The van der Waals surface area contributed by atoms with Gasteiger partial charge in [-0.25, -0.2) is 0 Å². The van der Waals surface area contributed by atoms with Gasteiger partial charge >= 0.3 is 5.97 Å². The van der Waals surface area contributed by atoms with Crippen LogP contribution < -0.4 is 10.6 Å². The number of benzene rings is 2. The highest BCUT2D eigenvalue weighted by Crippen LogP contribution is 2.19. The molecular weight excluding hydrogens is 368 g/mol. The van der Waals surface area contributed by atoms with Crippen LogP contribution in [0.2, 0.25) is 0 Å². The number of aliphatic carboxylic acids is 1. The van der Waals surface area contributed by atoms with Gasteiger partial charge in [-0.3, -0.25) is 14.4 Å². The Morgan fingerprint density at radius 1 is 0.966 bits per heavy atom. The highest BCUT2D eigenvalue weighted by molar-refractivity contribution is 5.88. The molecular formula is C23H28N2O4. The molecule has 0 bridgehead atoms. The minimum atomic E-state index is -0.998. The third-order valence-electron chi connectivity index (χ3n) is 4.55. The summed E-state index contributed by atoms with van der Waals surface area (Å²) in [5.41, 5.74) is 2.98. The first kappa shape index (κ1) is 22.1. The van der Waals surface area contributed by atoms with Crippen LogP contribution in [0.25, 0.3) is 11.1 Å². The third kappa shape index (κ3) is 7.78. The van der Waals surface area contributed by atoms with Crippen LogP contribution in [0.4, 0.5) is 0 Å². The van der Waals surface area contributed by atoms with Crippen LogP contribution in [0, 0.1) is 0 Å². The first-order valence-electron chi connectivity index (χ1n) is 9.92. The van der Waals surface area contributed by atoms with Gasteiger partial charge in [0.15, 0.2) is 0 Å². The number of carboxylic acid groups (broad SMARTS) is 1. The Morgan fingerprint density at radius 2 is 1.62 bits per heavy atom. The van der Waals surface area contributed by atoms with Crippen molar-refractivity contribution < 1.29 is 19.5 Å². The Hall–Kier alpha value is -3.15. The van der Waals surface area contributed by atoms with Gasteiger partial charge in [0.25, 0.3) is 0 Å². The van der Waals surface area contributed by atoms with Crippen molar-refractivity contribution in [2.24, 2.45) is 0 Å². The molecule has 6 heteroatoms. The van der Waals surface area contributed by atoms with Crippen molar-refractivity contribution in [2.45, 2.75) is 45.1 Å². The molecule has 0 radical (unpaired) electrons. The van der Waals surface area contributed by atoms with Gasteiger partial charge in [0, 0.05) is 13.0 Å². The second-order valence-corrected chi connectivity index (χ2v) is 6.94. The van der Waals surface area contributed by atoms with Crippen molar-refractivity contribution in [1.82, 2.24) is 10.6 Å². The number of rotatable bonds is 11. The maximum absolute atomic E-state index is 12.4. The molecule has 2 rings (SSSR count). The molecule has 0 aliphatic heterocycles. The molecule has 0 unspecified atom stereocenters. The number of hydrogen-bond donors (Lipinski definition) is 3. The van der Waals surface area contributed by atoms with Crippen molar-refractivity contribution in [2.75, 3.05) is 6.54 Å². The Labute approximate surface area is 171 Å². The Morgan fingerprint density at radius 3 is 2.24 bits per heavy atom. The molecule has 1 atom stereocenters. The Bertz CT molecular complexity index is 803. The van der Waals surface area contributed by atoms with E-state index in [1.54, 1.807) is 0 Å². The molecule has 29 heavy (non-hydrogen) atoms. The van der Waals surface area contributed by atoms with Gasteiger partial charge in [0.1, 0.15) is 6.04 Å². The summed E-state index contributed by atoms with van der Waals surface area (Å²) >= 11 is 0. The molecule has 2 aromatic rings. The van der Waals surface area contributed by atoms with E-state index in [-0.39, 0.29) is 31.1 Å². The molecule has 0 heterocycles. The van der Waals surface area contributed by atoms with Crippen LogP contribution in [0.3, 0.4) is 0 Å². The van der Waals surface area contributed by atoms with Crippen molar-refractivity contribution in [3.05, 3.63) is 60.2 Å². The fraction of sp³-hybridized carbons (Fsp3) is 0.348. The lowest BCUT2D eigenvalue weighted by atomic mass is 10.0. The van der Waals surface area contributed by atoms with E-state index in [9.17, 15) is 14.4 Å². The van der Waals surface area contributed by atoms with Crippen molar-refractivity contribution in [3.8, 4) is 11.1 Å². The van der Waals surface area contributed by atoms with Gasteiger partial charge in [-0.05, 0) is 29.5 Å². The topological polar surface area (TPSA) is 95.5 Å². The summed E-state index contributed by atoms with van der Waals surface area (Å²) in [5.74, 6) is -1.65. The fourth-order valence-corrected chi connectivity index (χ4v) is 2.92. The molecule has 0 saturated carbocycles. The number of carbonyl (C=O) groups is 3. The Kier molecular flexibility index (Phi) is 8.89. The third-order valence-corrected chi connectivity index (χ3v) is 4.55. The molecule has 0 aliphatic rings. The zero-order valence-electron chi connectivity index (χ0n) is 16.7. The monoisotopic (exact) mass is 396 g/mol. The van der Waals surface area contributed by atoms with Gasteiger partial charge in [0.05, 0.1) is 6.42 Å². The zero-order valence-corrected chi connectivity index (χ0v) is 16.7. The smallest absolute Gasteiger partial charge is 0.303 e. The van der Waals surface area contributed by atoms with Gasteiger partial charge < -0.3 is 15.7 Å². The lowest BCUT2D eigenvalue weighted by Crippen LogP contribution is -2.47. The Balaban J connectivity index is 1.95. The molecule has 154 valence electrons. The second kappa shape index (κ2) is 11.6. The van der Waals surface area contributed by atoms with Crippen molar-refractivity contribution in [3.63, 3.8) is 0 Å². The number of nitrogens with one attached hydrogen (secondary N) is 2. The summed E-state index contributed by atoms with van der Waals surface area (Å²) in [7, 11) is 0. The van der Waals surface area contributed by atoms with Crippen LogP contribution in [0.15, 0.2) is 54.6 Å². The normalized spacial score (nSPS) is 11.5. The number of unbranched alkanes of at least 4 members (excludes halogenated alkanes) is 1. The average molecular weight is 396 g/mol. The van der Waals surface area contributed by atoms with E-state index in [1.807, 2.05) is 61.5 Å². The van der Waals surface area contributed by atoms with E-state index < -0.39 is 12.0 Å². The molecule has 0 saturated heterocycles. The fourth-order valence-electron chi connectivity index (χ4n) is 2.92. The number of carbonyl (C=O) groups excluding carboxylic acids is 2. The van der Waals surface area contributed by atoms with Gasteiger partial charge in [-0.1, -0.05) is 67.9 Å². The molecule has 0 spiro atoms. The van der Waals surface area contributed by atoms with E-state index in [2.05, 4.69) is 10.6 Å². The summed E-state index contributed by atoms with van der Waals surface area (Å²) in [6.07, 6.45) is 1.77. The maximum atomic E-state index is 12.4. The number of hydrogen-bond acceptors (Lipinski definition) is 3. The summed E-state index contributed by atoms with van der Waals surface area (Å²) in [6.45, 7) is 2.52. The number of amides is 2. The molecule has 2 amide bonds. The van der Waals surface area contributed by atoms with E-state index in [0.29, 0.717) is 6.54 Å². The summed E-state index contributed by atoms with van der Waals surface area (Å²) in [6, 6.07) is 16.8. The molecule has 0 fully saturated rings. The molecule has 0 aromatic heterocycles. The van der Waals surface area contributed by atoms with Crippen LogP contribution in [-0.2, 0) is 20.8 Å². The zero-order chi connectivity index (χ0) is 21.1. The first-order valence-corrected chi connectivity index (χ1v) is 9.92. The number of carboxylic acids is 1. The molecule has 6 nitrogen and oxygen atoms in total. The van der Waals surface area contributed by atoms with E-state index >= 15 is 0 Å². The van der Waals surface area contributed by atoms with Crippen molar-refractivity contribution >= 4 is 17.8 Å². The lowest BCUT2D eigenvalue weighted by molar-refractivity contribution is -0.138. The predicted molar refractivity (Wildman–Crippen MR) is 112 cm³/mol. The highest BCUT2D eigenvalue weighted by Gasteiger charge is 2.21. The summed E-state index contributed by atoms with van der Waals surface area (Å²) in [4.78, 5) is 35.6. The van der Waals surface area contributed by atoms with E-state index in [1.165, 1.54) is 0 Å². The van der Waals surface area contributed by atoms with Crippen molar-refractivity contribution in [1.29, 1.82) is 0 Å².